The van der Waals surface area contributed by atoms with Crippen LogP contribution >= 0.6 is 11.6 Å². The first-order valence-corrected chi connectivity index (χ1v) is 20.6. The summed E-state index contributed by atoms with van der Waals surface area (Å²) in [5.74, 6) is 0. The van der Waals surface area contributed by atoms with Gasteiger partial charge in [-0.25, -0.2) is 12.1 Å². The molecule has 0 N–H and O–H groups in total. The zero-order valence-electron chi connectivity index (χ0n) is 34.2. The molecule has 0 heterocycles. The maximum atomic E-state index is 5.52. The monoisotopic (exact) mass is 796 g/mol. The molecular formula is C51H59ClZr-4. The minimum absolute atomic E-state index is 0.124. The summed E-state index contributed by atoms with van der Waals surface area (Å²) < 4.78 is 3.34. The maximum absolute atomic E-state index is 5.52. The number of hydrogen-bond donors (Lipinski definition) is 0. The van der Waals surface area contributed by atoms with Gasteiger partial charge in [-0.1, -0.05) is 135 Å². The molecule has 0 nitrogen and oxygen atoms in total. The molecule has 0 aliphatic heterocycles. The maximum Gasteiger partial charge on any atom is -0.0801 e. The molecule has 0 aromatic heterocycles. The third-order valence-electron chi connectivity index (χ3n) is 9.02. The second-order valence-electron chi connectivity index (χ2n) is 17.6. The van der Waals surface area contributed by atoms with Crippen LogP contribution in [0.3, 0.4) is 0 Å². The molecule has 0 atom stereocenters. The fraction of sp³-hybridized carbons (Fsp3) is 0.314. The van der Waals surface area contributed by atoms with E-state index in [1.165, 1.54) is 78.8 Å². The molecule has 0 aliphatic carbocycles. The fourth-order valence-electron chi connectivity index (χ4n) is 6.34. The van der Waals surface area contributed by atoms with E-state index in [0.717, 1.165) is 5.02 Å². The average Bonchev–Trinajstić information content (AvgIpc) is 3.79. The van der Waals surface area contributed by atoms with Crippen molar-refractivity contribution in [2.45, 2.75) is 105 Å². The van der Waals surface area contributed by atoms with Gasteiger partial charge in [0.25, 0.3) is 0 Å². The number of fused-ring (bicyclic) bond motifs is 4. The Hall–Kier alpha value is -3.38. The molecule has 7 aromatic carbocycles. The molecule has 0 amide bonds. The van der Waals surface area contributed by atoms with Gasteiger partial charge in [0.1, 0.15) is 0 Å². The molecule has 2 heteroatoms. The quantitative estimate of drug-likeness (QED) is 0.134. The van der Waals surface area contributed by atoms with Crippen LogP contribution in [-0.4, -0.2) is 4.21 Å². The molecule has 0 saturated carbocycles. The van der Waals surface area contributed by atoms with Crippen molar-refractivity contribution in [3.63, 3.8) is 0 Å². The van der Waals surface area contributed by atoms with E-state index >= 15 is 0 Å². The molecule has 0 unspecified atom stereocenters. The zero-order valence-corrected chi connectivity index (χ0v) is 37.4. The van der Waals surface area contributed by atoms with Gasteiger partial charge in [-0.2, -0.15) is 48.5 Å². The third kappa shape index (κ3) is 12.6. The minimum Gasteiger partial charge on any atom is -0.214 e. The Kier molecular flexibility index (Phi) is 15.6. The van der Waals surface area contributed by atoms with Gasteiger partial charge in [0.15, 0.2) is 0 Å². The zero-order chi connectivity index (χ0) is 39.6. The van der Waals surface area contributed by atoms with Crippen LogP contribution in [0.1, 0.15) is 105 Å². The Bertz CT molecular complexity index is 1970. The molecule has 0 fully saturated rings. The summed E-state index contributed by atoms with van der Waals surface area (Å²) in [6, 6.07) is 49.7. The Balaban J connectivity index is 0.000000251. The molecule has 7 rings (SSSR count). The number of halogens is 1. The van der Waals surface area contributed by atoms with Gasteiger partial charge in [-0.3, -0.25) is 0 Å². The minimum atomic E-state index is 0.124. The number of rotatable bonds is 0. The smallest absolute Gasteiger partial charge is 0.0801 e. The molecule has 278 valence electrons. The van der Waals surface area contributed by atoms with Crippen LogP contribution in [0.5, 0.6) is 0 Å². The SMILES string of the molecule is CC(C)(C)c1cc2[cH-]c3cc(C(C)(C)C)c(C(C)(C)C)cc3c2cc1C(C)(C)C.Clc1cc[c-]cc1.[CH2]=[Zr].[c-]1cccc2ccccc12.c1cc[cH-]c1. The van der Waals surface area contributed by atoms with E-state index in [1.807, 2.05) is 54.6 Å². The van der Waals surface area contributed by atoms with Gasteiger partial charge in [0, 0.05) is 0 Å². The van der Waals surface area contributed by atoms with Gasteiger partial charge in [-0.15, -0.1) is 98.5 Å². The van der Waals surface area contributed by atoms with Crippen molar-refractivity contribution >= 4 is 48.1 Å². The molecule has 0 aliphatic rings. The summed E-state index contributed by atoms with van der Waals surface area (Å²) in [5, 5.41) is 8.77. The summed E-state index contributed by atoms with van der Waals surface area (Å²) in [4.78, 5) is 0. The summed E-state index contributed by atoms with van der Waals surface area (Å²) in [7, 11) is 0. The standard InChI is InChI=1S/C29H41.C10H7.C6H4Cl.C5H5.CH2.Zr/c1-26(2,3)22-14-18-13-19-15-23(27(4,5)6)25(29(10,11)12)17-21(19)20(18)16-24(22)28(7,8)9;1-2-6-10-8-4-3-7-9(10)5-1;7-6-4-2-1-3-5-6;1-2-4-5-3-1;;/h13-17H,1-12H3;1-7H;2-5H;1-5H;1H2;/q4*-1;;. The molecule has 0 saturated heterocycles. The van der Waals surface area contributed by atoms with E-state index in [9.17, 15) is 0 Å². The van der Waals surface area contributed by atoms with Crippen molar-refractivity contribution in [2.24, 2.45) is 0 Å². The number of hydrogen-bond acceptors (Lipinski definition) is 0. The van der Waals surface area contributed by atoms with Gasteiger partial charge in [-0.05, 0) is 21.7 Å². The largest absolute Gasteiger partial charge is 0.214 e. The average molecular weight is 799 g/mol. The van der Waals surface area contributed by atoms with Crippen molar-refractivity contribution in [1.29, 1.82) is 0 Å². The van der Waals surface area contributed by atoms with Crippen molar-refractivity contribution in [1.82, 2.24) is 0 Å². The topological polar surface area (TPSA) is 0 Å². The van der Waals surface area contributed by atoms with Gasteiger partial charge >= 0.3 is 28.4 Å². The van der Waals surface area contributed by atoms with Gasteiger partial charge in [0.2, 0.25) is 0 Å². The summed E-state index contributed by atoms with van der Waals surface area (Å²) in [5.41, 5.74) is 6.40. The summed E-state index contributed by atoms with van der Waals surface area (Å²) in [6.07, 6.45) is 0. The first-order chi connectivity index (χ1) is 24.8. The molecule has 7 aromatic rings. The van der Waals surface area contributed by atoms with Gasteiger partial charge in [0.05, 0.1) is 0 Å². The van der Waals surface area contributed by atoms with Crippen LogP contribution in [0.25, 0.3) is 32.3 Å². The third-order valence-corrected chi connectivity index (χ3v) is 9.27. The van der Waals surface area contributed by atoms with Crippen molar-refractivity contribution in [2.75, 3.05) is 0 Å². The van der Waals surface area contributed by atoms with Crippen LogP contribution in [0.15, 0.2) is 127 Å². The Morgan fingerprint density at radius 2 is 0.943 bits per heavy atom. The first kappa shape index (κ1) is 44.0. The second kappa shape index (κ2) is 18.8. The van der Waals surface area contributed by atoms with E-state index in [4.69, 9.17) is 11.6 Å². The van der Waals surface area contributed by atoms with Crippen LogP contribution < -0.4 is 0 Å². The van der Waals surface area contributed by atoms with Crippen LogP contribution in [0.4, 0.5) is 0 Å². The first-order valence-electron chi connectivity index (χ1n) is 18.5. The Morgan fingerprint density at radius 1 is 0.528 bits per heavy atom. The molecule has 0 spiro atoms. The van der Waals surface area contributed by atoms with Crippen molar-refractivity contribution in [3.05, 3.63) is 167 Å². The van der Waals surface area contributed by atoms with E-state index in [2.05, 4.69) is 148 Å². The molecule has 53 heavy (non-hydrogen) atoms. The van der Waals surface area contributed by atoms with E-state index in [1.54, 1.807) is 24.3 Å². The molecular weight excluding hydrogens is 739 g/mol. The van der Waals surface area contributed by atoms with Crippen LogP contribution in [0, 0.1) is 12.1 Å². The predicted octanol–water partition coefficient (Wildman–Crippen LogP) is 15.1. The molecule has 0 bridgehead atoms. The fourth-order valence-corrected chi connectivity index (χ4v) is 6.46. The summed E-state index contributed by atoms with van der Waals surface area (Å²) >= 11 is 6.82. The van der Waals surface area contributed by atoms with Gasteiger partial charge < -0.3 is 0 Å². The van der Waals surface area contributed by atoms with E-state index < -0.39 is 0 Å². The summed E-state index contributed by atoms with van der Waals surface area (Å²) in [6.45, 7) is 28.0. The second-order valence-corrected chi connectivity index (χ2v) is 18.0. The number of benzene rings is 5. The van der Waals surface area contributed by atoms with Crippen molar-refractivity contribution in [3.8, 4) is 0 Å². The van der Waals surface area contributed by atoms with E-state index in [0.29, 0.717) is 0 Å². The molecule has 0 radical (unpaired) electrons. The van der Waals surface area contributed by atoms with E-state index in [-0.39, 0.29) is 21.7 Å². The Labute approximate surface area is 341 Å². The van der Waals surface area contributed by atoms with Crippen LogP contribution in [-0.2, 0) is 45.9 Å². The van der Waals surface area contributed by atoms with Crippen molar-refractivity contribution < 1.29 is 24.2 Å². The normalized spacial score (nSPS) is 11.6. The Morgan fingerprint density at radius 3 is 1.30 bits per heavy atom. The predicted molar refractivity (Wildman–Crippen MR) is 234 cm³/mol. The van der Waals surface area contributed by atoms with Crippen LogP contribution in [0.2, 0.25) is 5.02 Å².